The molecule has 1 amide bonds. The Kier molecular flexibility index (Phi) is 3.55. The molecule has 0 radical (unpaired) electrons. The molecular formula is C10H16N2O. The van der Waals surface area contributed by atoms with E-state index < -0.39 is 0 Å². The van der Waals surface area contributed by atoms with Gasteiger partial charge in [0, 0.05) is 11.9 Å². The van der Waals surface area contributed by atoms with Gasteiger partial charge in [-0.3, -0.25) is 4.79 Å². The number of rotatable bonds is 5. The minimum atomic E-state index is -0.240. The summed E-state index contributed by atoms with van der Waals surface area (Å²) in [6, 6.07) is 3.79. The van der Waals surface area contributed by atoms with Crippen LogP contribution < -0.4 is 5.73 Å². The summed E-state index contributed by atoms with van der Waals surface area (Å²) in [7, 11) is 0. The lowest BCUT2D eigenvalue weighted by Gasteiger charge is -2.10. The Bertz CT molecular complexity index is 254. The first-order chi connectivity index (χ1) is 6.25. The zero-order valence-corrected chi connectivity index (χ0v) is 7.92. The molecule has 0 aliphatic rings. The number of nitrogens with one attached hydrogen (secondary N) is 1. The van der Waals surface area contributed by atoms with Crippen LogP contribution in [0.3, 0.4) is 0 Å². The van der Waals surface area contributed by atoms with Gasteiger partial charge in [0.2, 0.25) is 5.91 Å². The molecule has 0 aliphatic heterocycles. The van der Waals surface area contributed by atoms with Crippen LogP contribution in [0, 0.1) is 0 Å². The van der Waals surface area contributed by atoms with Crippen LogP contribution in [-0.4, -0.2) is 10.9 Å². The fraction of sp³-hybridized carbons (Fsp3) is 0.500. The molecule has 1 aromatic heterocycles. The lowest BCUT2D eigenvalue weighted by Crippen LogP contribution is -2.21. The van der Waals surface area contributed by atoms with Gasteiger partial charge >= 0.3 is 0 Å². The maximum absolute atomic E-state index is 11.1. The van der Waals surface area contributed by atoms with Gasteiger partial charge in [-0.1, -0.05) is 19.8 Å². The van der Waals surface area contributed by atoms with Crippen LogP contribution in [0.4, 0.5) is 0 Å². The molecule has 0 spiro atoms. The van der Waals surface area contributed by atoms with Crippen molar-refractivity contribution in [1.29, 1.82) is 0 Å². The monoisotopic (exact) mass is 180 g/mol. The highest BCUT2D eigenvalue weighted by atomic mass is 16.1. The highest BCUT2D eigenvalue weighted by Crippen LogP contribution is 2.19. The Balaban J connectivity index is 2.63. The predicted octanol–water partition coefficient (Wildman–Crippen LogP) is 1.77. The van der Waals surface area contributed by atoms with Crippen LogP contribution in [0.25, 0.3) is 0 Å². The van der Waals surface area contributed by atoms with E-state index in [4.69, 9.17) is 5.73 Å². The smallest absolute Gasteiger partial charge is 0.226 e. The fourth-order valence-electron chi connectivity index (χ4n) is 1.42. The molecule has 0 saturated carbocycles. The second-order valence-corrected chi connectivity index (χ2v) is 3.22. The lowest BCUT2D eigenvalue weighted by atomic mass is 9.98. The number of aromatic nitrogens is 1. The zero-order valence-electron chi connectivity index (χ0n) is 7.92. The Morgan fingerprint density at radius 3 is 2.92 bits per heavy atom. The summed E-state index contributed by atoms with van der Waals surface area (Å²) in [6.07, 6.45) is 4.78. The maximum atomic E-state index is 11.1. The number of hydrogen-bond acceptors (Lipinski definition) is 1. The van der Waals surface area contributed by atoms with Crippen molar-refractivity contribution in [1.82, 2.24) is 4.98 Å². The van der Waals surface area contributed by atoms with Crippen molar-refractivity contribution < 1.29 is 4.79 Å². The molecular weight excluding hydrogens is 164 g/mol. The van der Waals surface area contributed by atoms with E-state index in [-0.39, 0.29) is 11.8 Å². The molecule has 0 bridgehead atoms. The summed E-state index contributed by atoms with van der Waals surface area (Å²) in [5, 5.41) is 0. The van der Waals surface area contributed by atoms with Crippen LogP contribution in [0.1, 0.15) is 37.8 Å². The molecule has 72 valence electrons. The highest BCUT2D eigenvalue weighted by Gasteiger charge is 2.17. The third-order valence-corrected chi connectivity index (χ3v) is 2.19. The van der Waals surface area contributed by atoms with Crippen LogP contribution in [0.5, 0.6) is 0 Å². The van der Waals surface area contributed by atoms with E-state index in [0.29, 0.717) is 0 Å². The van der Waals surface area contributed by atoms with Gasteiger partial charge in [0.05, 0.1) is 5.92 Å². The second-order valence-electron chi connectivity index (χ2n) is 3.22. The molecule has 3 heteroatoms. The summed E-state index contributed by atoms with van der Waals surface area (Å²) in [4.78, 5) is 14.1. The average Bonchev–Trinajstić information content (AvgIpc) is 2.57. The third kappa shape index (κ3) is 2.61. The number of unbranched alkanes of at least 4 members (excludes halogenated alkanes) is 1. The van der Waals surface area contributed by atoms with Crippen molar-refractivity contribution in [2.24, 2.45) is 5.73 Å². The van der Waals surface area contributed by atoms with Gasteiger partial charge in [-0.15, -0.1) is 0 Å². The maximum Gasteiger partial charge on any atom is 0.226 e. The number of H-pyrrole nitrogens is 1. The summed E-state index contributed by atoms with van der Waals surface area (Å²) >= 11 is 0. The highest BCUT2D eigenvalue weighted by molar-refractivity contribution is 5.81. The summed E-state index contributed by atoms with van der Waals surface area (Å²) in [5.74, 6) is -0.383. The quantitative estimate of drug-likeness (QED) is 0.712. The molecule has 0 aromatic carbocycles. The Hall–Kier alpha value is -1.25. The molecule has 1 unspecified atom stereocenters. The number of primary amides is 1. The van der Waals surface area contributed by atoms with E-state index >= 15 is 0 Å². The molecule has 1 atom stereocenters. The van der Waals surface area contributed by atoms with Gasteiger partial charge in [0.15, 0.2) is 0 Å². The minimum Gasteiger partial charge on any atom is -0.369 e. The molecule has 1 aromatic rings. The topological polar surface area (TPSA) is 58.9 Å². The lowest BCUT2D eigenvalue weighted by molar-refractivity contribution is -0.119. The summed E-state index contributed by atoms with van der Waals surface area (Å²) in [5.41, 5.74) is 6.24. The summed E-state index contributed by atoms with van der Waals surface area (Å²) < 4.78 is 0. The molecule has 0 saturated heterocycles. The Morgan fingerprint density at radius 2 is 2.46 bits per heavy atom. The summed E-state index contributed by atoms with van der Waals surface area (Å²) in [6.45, 7) is 2.10. The van der Waals surface area contributed by atoms with Crippen LogP contribution in [0.2, 0.25) is 0 Å². The van der Waals surface area contributed by atoms with Crippen molar-refractivity contribution in [3.05, 3.63) is 24.0 Å². The number of amides is 1. The number of hydrogen-bond donors (Lipinski definition) is 2. The van der Waals surface area contributed by atoms with Crippen molar-refractivity contribution in [2.45, 2.75) is 32.1 Å². The second kappa shape index (κ2) is 4.70. The number of carbonyl (C=O) groups excluding carboxylic acids is 1. The zero-order chi connectivity index (χ0) is 9.68. The van der Waals surface area contributed by atoms with E-state index in [2.05, 4.69) is 11.9 Å². The van der Waals surface area contributed by atoms with E-state index in [1.54, 1.807) is 0 Å². The first-order valence-corrected chi connectivity index (χ1v) is 4.68. The van der Waals surface area contributed by atoms with Crippen molar-refractivity contribution >= 4 is 5.91 Å². The molecule has 13 heavy (non-hydrogen) atoms. The standard InChI is InChI=1S/C10H16N2O/c1-2-3-5-8(10(11)13)9-6-4-7-12-9/h4,6-8,12H,2-3,5H2,1H3,(H2,11,13). The van der Waals surface area contributed by atoms with Gasteiger partial charge < -0.3 is 10.7 Å². The van der Waals surface area contributed by atoms with Gasteiger partial charge in [-0.25, -0.2) is 0 Å². The third-order valence-electron chi connectivity index (χ3n) is 2.19. The van der Waals surface area contributed by atoms with Crippen LogP contribution in [0.15, 0.2) is 18.3 Å². The Morgan fingerprint density at radius 1 is 1.69 bits per heavy atom. The first kappa shape index (κ1) is 9.84. The van der Waals surface area contributed by atoms with Gasteiger partial charge in [0.25, 0.3) is 0 Å². The minimum absolute atomic E-state index is 0.144. The predicted molar refractivity (Wildman–Crippen MR) is 52.3 cm³/mol. The van der Waals surface area contributed by atoms with E-state index in [1.165, 1.54) is 0 Å². The normalized spacial score (nSPS) is 12.7. The number of carbonyl (C=O) groups is 1. The van der Waals surface area contributed by atoms with Crippen molar-refractivity contribution in [2.75, 3.05) is 0 Å². The van der Waals surface area contributed by atoms with Gasteiger partial charge in [-0.05, 0) is 18.6 Å². The molecule has 1 rings (SSSR count). The van der Waals surface area contributed by atoms with E-state index in [0.717, 1.165) is 25.0 Å². The van der Waals surface area contributed by atoms with Gasteiger partial charge in [0.1, 0.15) is 0 Å². The van der Waals surface area contributed by atoms with Crippen molar-refractivity contribution in [3.63, 3.8) is 0 Å². The number of aromatic amines is 1. The van der Waals surface area contributed by atoms with Gasteiger partial charge in [-0.2, -0.15) is 0 Å². The fourth-order valence-corrected chi connectivity index (χ4v) is 1.42. The van der Waals surface area contributed by atoms with Crippen LogP contribution >= 0.6 is 0 Å². The van der Waals surface area contributed by atoms with E-state index in [1.807, 2.05) is 18.3 Å². The first-order valence-electron chi connectivity index (χ1n) is 4.68. The molecule has 3 N–H and O–H groups in total. The average molecular weight is 180 g/mol. The van der Waals surface area contributed by atoms with Crippen molar-refractivity contribution in [3.8, 4) is 0 Å². The molecule has 0 fully saturated rings. The number of nitrogens with two attached hydrogens (primary N) is 1. The van der Waals surface area contributed by atoms with E-state index in [9.17, 15) is 4.79 Å². The van der Waals surface area contributed by atoms with Crippen LogP contribution in [-0.2, 0) is 4.79 Å². The SMILES string of the molecule is CCCCC(C(N)=O)c1ccc[nH]1. The molecule has 1 heterocycles. The molecule has 0 aliphatic carbocycles. The Labute approximate surface area is 78.3 Å². The molecule has 3 nitrogen and oxygen atoms in total. The largest absolute Gasteiger partial charge is 0.369 e.